The van der Waals surface area contributed by atoms with Gasteiger partial charge in [-0.3, -0.25) is 4.90 Å². The largest absolute Gasteiger partial charge is 0.295 e. The second-order valence-electron chi connectivity index (χ2n) is 5.33. The van der Waals surface area contributed by atoms with Crippen LogP contribution < -0.4 is 0 Å². The lowest BCUT2D eigenvalue weighted by atomic mass is 9.90. The van der Waals surface area contributed by atoms with Crippen LogP contribution >= 0.6 is 0 Å². The third kappa shape index (κ3) is 3.45. The van der Waals surface area contributed by atoms with E-state index in [9.17, 15) is 4.39 Å². The summed E-state index contributed by atoms with van der Waals surface area (Å²) < 4.78 is 14.4. The second kappa shape index (κ2) is 4.48. The lowest BCUT2D eigenvalue weighted by Crippen LogP contribution is -2.52. The van der Waals surface area contributed by atoms with Crippen LogP contribution in [0.5, 0.6) is 0 Å². The van der Waals surface area contributed by atoms with Gasteiger partial charge in [0.05, 0.1) is 0 Å². The third-order valence-corrected chi connectivity index (χ3v) is 2.95. The van der Waals surface area contributed by atoms with Crippen molar-refractivity contribution in [3.05, 3.63) is 24.8 Å². The molecule has 1 fully saturated rings. The first-order chi connectivity index (χ1) is 6.87. The summed E-state index contributed by atoms with van der Waals surface area (Å²) in [5.41, 5.74) is -1.11. The van der Waals surface area contributed by atoms with E-state index in [1.54, 1.807) is 18.2 Å². The van der Waals surface area contributed by atoms with Crippen molar-refractivity contribution >= 4 is 0 Å². The summed E-state index contributed by atoms with van der Waals surface area (Å²) in [6.45, 7) is 11.5. The van der Waals surface area contributed by atoms with Crippen molar-refractivity contribution in [3.63, 3.8) is 0 Å². The highest BCUT2D eigenvalue weighted by molar-refractivity contribution is 5.11. The molecule has 0 spiro atoms. The van der Waals surface area contributed by atoms with Crippen molar-refractivity contribution in [1.82, 2.24) is 4.90 Å². The number of allylic oxidation sites excluding steroid dienone is 2. The molecule has 0 aromatic heterocycles. The number of hydrogen-bond acceptors (Lipinski definition) is 1. The monoisotopic (exact) mass is 211 g/mol. The van der Waals surface area contributed by atoms with Crippen molar-refractivity contribution in [2.75, 3.05) is 13.1 Å². The van der Waals surface area contributed by atoms with Gasteiger partial charge in [0, 0.05) is 12.1 Å². The molecule has 0 radical (unpaired) electrons. The Labute approximate surface area is 92.7 Å². The van der Waals surface area contributed by atoms with E-state index in [1.807, 2.05) is 0 Å². The minimum Gasteiger partial charge on any atom is -0.295 e. The maximum atomic E-state index is 14.4. The van der Waals surface area contributed by atoms with Gasteiger partial charge >= 0.3 is 0 Å². The molecule has 1 aliphatic heterocycles. The van der Waals surface area contributed by atoms with E-state index in [1.165, 1.54) is 0 Å². The van der Waals surface area contributed by atoms with Gasteiger partial charge in [0.25, 0.3) is 0 Å². The molecule has 1 saturated heterocycles. The number of alkyl halides is 1. The Morgan fingerprint density at radius 1 is 1.40 bits per heavy atom. The Bertz CT molecular complexity index is 252. The minimum absolute atomic E-state index is 0.0553. The SMILES string of the molecule is C=C/C=C/C1(F)CCCN(C(C)(C)C)C1. The van der Waals surface area contributed by atoms with E-state index in [4.69, 9.17) is 0 Å². The maximum Gasteiger partial charge on any atom is 0.142 e. The highest BCUT2D eigenvalue weighted by Crippen LogP contribution is 2.30. The summed E-state index contributed by atoms with van der Waals surface area (Å²) in [5, 5.41) is 0. The fourth-order valence-electron chi connectivity index (χ4n) is 1.99. The summed E-state index contributed by atoms with van der Waals surface area (Å²) in [6.07, 6.45) is 6.56. The summed E-state index contributed by atoms with van der Waals surface area (Å²) >= 11 is 0. The molecule has 1 aliphatic rings. The van der Waals surface area contributed by atoms with Gasteiger partial charge in [-0.05, 0) is 46.2 Å². The number of likely N-dealkylation sites (tertiary alicyclic amines) is 1. The van der Waals surface area contributed by atoms with Gasteiger partial charge in [0.1, 0.15) is 5.67 Å². The molecule has 0 aromatic carbocycles. The molecule has 1 rings (SSSR count). The lowest BCUT2D eigenvalue weighted by Gasteiger charge is -2.43. The topological polar surface area (TPSA) is 3.24 Å². The molecule has 86 valence electrons. The van der Waals surface area contributed by atoms with Crippen LogP contribution in [0.4, 0.5) is 4.39 Å². The van der Waals surface area contributed by atoms with E-state index in [-0.39, 0.29) is 5.54 Å². The molecule has 1 heterocycles. The van der Waals surface area contributed by atoms with Crippen LogP contribution in [0.3, 0.4) is 0 Å². The quantitative estimate of drug-likeness (QED) is 0.633. The van der Waals surface area contributed by atoms with E-state index < -0.39 is 5.67 Å². The lowest BCUT2D eigenvalue weighted by molar-refractivity contribution is 0.0264. The van der Waals surface area contributed by atoms with Crippen LogP contribution in [-0.2, 0) is 0 Å². The molecule has 0 saturated carbocycles. The normalized spacial score (nSPS) is 29.6. The zero-order valence-corrected chi connectivity index (χ0v) is 10.1. The van der Waals surface area contributed by atoms with Crippen molar-refractivity contribution in [1.29, 1.82) is 0 Å². The molecule has 2 heteroatoms. The molecular weight excluding hydrogens is 189 g/mol. The number of hydrogen-bond donors (Lipinski definition) is 0. The number of rotatable bonds is 2. The standard InChI is InChI=1S/C13H22FN/c1-5-6-8-13(14)9-7-10-15(11-13)12(2,3)4/h5-6,8H,1,7,9-11H2,2-4H3/b8-6+. The molecule has 1 nitrogen and oxygen atoms in total. The van der Waals surface area contributed by atoms with Crippen molar-refractivity contribution < 1.29 is 4.39 Å². The van der Waals surface area contributed by atoms with Crippen LogP contribution in [0, 0.1) is 0 Å². The summed E-state index contributed by atoms with van der Waals surface area (Å²) in [4.78, 5) is 2.21. The molecule has 0 aliphatic carbocycles. The Kier molecular flexibility index (Phi) is 3.72. The molecule has 0 amide bonds. The van der Waals surface area contributed by atoms with Gasteiger partial charge in [-0.25, -0.2) is 4.39 Å². The number of halogens is 1. The van der Waals surface area contributed by atoms with E-state index in [2.05, 4.69) is 32.3 Å². The van der Waals surface area contributed by atoms with Crippen LogP contribution in [0.25, 0.3) is 0 Å². The molecule has 15 heavy (non-hydrogen) atoms. The molecular formula is C13H22FN. The Morgan fingerprint density at radius 3 is 2.60 bits per heavy atom. The first kappa shape index (κ1) is 12.4. The maximum absolute atomic E-state index is 14.4. The molecule has 1 atom stereocenters. The molecule has 0 aromatic rings. The van der Waals surface area contributed by atoms with Gasteiger partial charge in [0.2, 0.25) is 0 Å². The number of nitrogens with zero attached hydrogens (tertiary/aromatic N) is 1. The highest BCUT2D eigenvalue weighted by atomic mass is 19.1. The number of piperidine rings is 1. The van der Waals surface area contributed by atoms with Crippen molar-refractivity contribution in [3.8, 4) is 0 Å². The van der Waals surface area contributed by atoms with Crippen LogP contribution in [0.2, 0.25) is 0 Å². The van der Waals surface area contributed by atoms with E-state index in [0.29, 0.717) is 13.0 Å². The smallest absolute Gasteiger partial charge is 0.142 e. The third-order valence-electron chi connectivity index (χ3n) is 2.95. The summed E-state index contributed by atoms with van der Waals surface area (Å²) in [7, 11) is 0. The van der Waals surface area contributed by atoms with Crippen LogP contribution in [-0.4, -0.2) is 29.2 Å². The summed E-state index contributed by atoms with van der Waals surface area (Å²) in [6, 6.07) is 0. The summed E-state index contributed by atoms with van der Waals surface area (Å²) in [5.74, 6) is 0. The van der Waals surface area contributed by atoms with Crippen molar-refractivity contribution in [2.24, 2.45) is 0 Å². The zero-order valence-electron chi connectivity index (χ0n) is 10.1. The fraction of sp³-hybridized carbons (Fsp3) is 0.692. The minimum atomic E-state index is -1.17. The van der Waals surface area contributed by atoms with Gasteiger partial charge in [-0.1, -0.05) is 18.7 Å². The zero-order chi connectivity index (χ0) is 11.5. The predicted octanol–water partition coefficient (Wildman–Crippen LogP) is 3.33. The second-order valence-corrected chi connectivity index (χ2v) is 5.33. The van der Waals surface area contributed by atoms with Gasteiger partial charge < -0.3 is 0 Å². The van der Waals surface area contributed by atoms with Crippen LogP contribution in [0.15, 0.2) is 24.8 Å². The first-order valence-electron chi connectivity index (χ1n) is 5.62. The average molecular weight is 211 g/mol. The predicted molar refractivity (Wildman–Crippen MR) is 63.7 cm³/mol. The first-order valence-corrected chi connectivity index (χ1v) is 5.62. The van der Waals surface area contributed by atoms with Gasteiger partial charge in [-0.15, -0.1) is 0 Å². The fourth-order valence-corrected chi connectivity index (χ4v) is 1.99. The van der Waals surface area contributed by atoms with Crippen LogP contribution in [0.1, 0.15) is 33.6 Å². The Balaban J connectivity index is 2.70. The van der Waals surface area contributed by atoms with E-state index >= 15 is 0 Å². The Hall–Kier alpha value is -0.630. The van der Waals surface area contributed by atoms with Crippen molar-refractivity contribution in [2.45, 2.75) is 44.8 Å². The van der Waals surface area contributed by atoms with Gasteiger partial charge in [-0.2, -0.15) is 0 Å². The molecule has 0 bridgehead atoms. The van der Waals surface area contributed by atoms with Gasteiger partial charge in [0.15, 0.2) is 0 Å². The molecule has 0 N–H and O–H groups in total. The average Bonchev–Trinajstić information content (AvgIpc) is 2.14. The van der Waals surface area contributed by atoms with E-state index in [0.717, 1.165) is 13.0 Å². The molecule has 1 unspecified atom stereocenters. The Morgan fingerprint density at radius 2 is 2.07 bits per heavy atom. The highest BCUT2D eigenvalue weighted by Gasteiger charge is 2.36.